The molecule has 3 aliphatic rings. The fourth-order valence-corrected chi connectivity index (χ4v) is 6.45. The number of benzene rings is 2. The third-order valence-electron chi connectivity index (χ3n) is 8.84. The first kappa shape index (κ1) is 23.1. The number of rotatable bonds is 7. The Bertz CT molecular complexity index is 1020. The van der Waals surface area contributed by atoms with Gasteiger partial charge < -0.3 is 4.90 Å². The van der Waals surface area contributed by atoms with Crippen LogP contribution in [0.2, 0.25) is 0 Å². The van der Waals surface area contributed by atoms with Crippen LogP contribution in [0, 0.1) is 5.92 Å². The standard InChI is InChI=1S/C29H38N4O/c1-30-20-24-11-8-14-26(19-24)32-22-28(33(27(32)34)21-23-9-7-10-23)15-17-29(18-16-28,31(2)3)25-12-5-4-6-13-25/h4-6,8,11-14,19,23H,1,7,9-10,15-18,20-22H2,2-3H3/t28-,29+. The van der Waals surface area contributed by atoms with E-state index in [0.717, 1.165) is 50.0 Å². The zero-order valence-electron chi connectivity index (χ0n) is 20.7. The lowest BCUT2D eigenvalue weighted by Crippen LogP contribution is -2.56. The predicted molar refractivity (Wildman–Crippen MR) is 139 cm³/mol. The molecule has 5 heteroatoms. The van der Waals surface area contributed by atoms with E-state index < -0.39 is 0 Å². The van der Waals surface area contributed by atoms with Gasteiger partial charge in [0.15, 0.2) is 0 Å². The minimum atomic E-state index is -0.0896. The zero-order valence-corrected chi connectivity index (χ0v) is 20.7. The minimum absolute atomic E-state index is 0.0284. The molecule has 0 atom stereocenters. The SMILES string of the molecule is C=NCc1cccc(N2C[C@]3(CC[C@](c4ccccc4)(N(C)C)CC3)N(CC3CCC3)C2=O)c1. The van der Waals surface area contributed by atoms with Crippen LogP contribution in [0.4, 0.5) is 10.5 Å². The van der Waals surface area contributed by atoms with Crippen LogP contribution in [0.5, 0.6) is 0 Å². The summed E-state index contributed by atoms with van der Waals surface area (Å²) in [6.45, 7) is 5.90. The van der Waals surface area contributed by atoms with Crippen molar-refractivity contribution < 1.29 is 4.79 Å². The summed E-state index contributed by atoms with van der Waals surface area (Å²) in [6.07, 6.45) is 8.00. The summed E-state index contributed by atoms with van der Waals surface area (Å²) in [5.41, 5.74) is 3.43. The minimum Gasteiger partial charge on any atom is -0.317 e. The normalized spacial score (nSPS) is 27.4. The zero-order chi connectivity index (χ0) is 23.8. The van der Waals surface area contributed by atoms with E-state index in [0.29, 0.717) is 12.5 Å². The summed E-state index contributed by atoms with van der Waals surface area (Å²) in [6, 6.07) is 19.4. The Morgan fingerprint density at radius 2 is 1.76 bits per heavy atom. The second kappa shape index (κ2) is 9.18. The van der Waals surface area contributed by atoms with Crippen LogP contribution < -0.4 is 4.90 Å². The molecule has 0 bridgehead atoms. The van der Waals surface area contributed by atoms with Crippen LogP contribution in [0.25, 0.3) is 0 Å². The quantitative estimate of drug-likeness (QED) is 0.499. The Labute approximate surface area is 204 Å². The van der Waals surface area contributed by atoms with E-state index in [1.54, 1.807) is 0 Å². The van der Waals surface area contributed by atoms with Crippen LogP contribution in [0.1, 0.15) is 56.1 Å². The maximum absolute atomic E-state index is 13.9. The fourth-order valence-electron chi connectivity index (χ4n) is 6.45. The van der Waals surface area contributed by atoms with Crippen LogP contribution in [0.15, 0.2) is 59.6 Å². The molecule has 0 aromatic heterocycles. The van der Waals surface area contributed by atoms with Gasteiger partial charge in [-0.3, -0.25) is 14.8 Å². The number of carbonyl (C=O) groups is 1. The van der Waals surface area contributed by atoms with Gasteiger partial charge in [-0.05, 0) is 88.5 Å². The number of amides is 2. The molecule has 0 N–H and O–H groups in total. The average molecular weight is 459 g/mol. The van der Waals surface area contributed by atoms with Crippen molar-refractivity contribution in [2.75, 3.05) is 32.1 Å². The van der Waals surface area contributed by atoms with Crippen molar-refractivity contribution in [2.45, 2.75) is 62.6 Å². The summed E-state index contributed by atoms with van der Waals surface area (Å²) in [4.78, 5) is 24.7. The van der Waals surface area contributed by atoms with Gasteiger partial charge in [-0.25, -0.2) is 4.79 Å². The van der Waals surface area contributed by atoms with E-state index in [-0.39, 0.29) is 17.1 Å². The van der Waals surface area contributed by atoms with E-state index in [1.807, 2.05) is 11.0 Å². The van der Waals surface area contributed by atoms with E-state index >= 15 is 0 Å². The molecule has 2 amide bonds. The van der Waals surface area contributed by atoms with Crippen LogP contribution in [-0.4, -0.2) is 55.3 Å². The Kier molecular flexibility index (Phi) is 6.24. The summed E-state index contributed by atoms with van der Waals surface area (Å²) >= 11 is 0. The monoisotopic (exact) mass is 458 g/mol. The summed E-state index contributed by atoms with van der Waals surface area (Å²) in [5, 5.41) is 0. The molecule has 1 spiro atoms. The van der Waals surface area contributed by atoms with Gasteiger partial charge in [-0.2, -0.15) is 0 Å². The van der Waals surface area contributed by atoms with E-state index in [1.165, 1.54) is 24.8 Å². The van der Waals surface area contributed by atoms with Gasteiger partial charge in [0.25, 0.3) is 0 Å². The molecule has 5 rings (SSSR count). The van der Waals surface area contributed by atoms with Crippen molar-refractivity contribution in [1.29, 1.82) is 0 Å². The molecular weight excluding hydrogens is 420 g/mol. The highest BCUT2D eigenvalue weighted by Gasteiger charge is 2.55. The Morgan fingerprint density at radius 3 is 2.38 bits per heavy atom. The molecule has 2 aromatic carbocycles. The summed E-state index contributed by atoms with van der Waals surface area (Å²) in [5.74, 6) is 0.659. The Morgan fingerprint density at radius 1 is 1.03 bits per heavy atom. The molecule has 2 aliphatic carbocycles. The highest BCUT2D eigenvalue weighted by molar-refractivity contribution is 5.95. The topological polar surface area (TPSA) is 39.1 Å². The molecule has 1 aliphatic heterocycles. The number of aliphatic imine (C=N–C) groups is 1. The van der Waals surface area contributed by atoms with Gasteiger partial charge >= 0.3 is 6.03 Å². The van der Waals surface area contributed by atoms with E-state index in [4.69, 9.17) is 0 Å². The highest BCUT2D eigenvalue weighted by atomic mass is 16.2. The maximum Gasteiger partial charge on any atom is 0.325 e. The Hall–Kier alpha value is -2.66. The number of carbonyl (C=O) groups excluding carboxylic acids is 1. The number of hydrogen-bond acceptors (Lipinski definition) is 3. The molecule has 0 radical (unpaired) electrons. The largest absolute Gasteiger partial charge is 0.325 e. The first-order chi connectivity index (χ1) is 16.5. The van der Waals surface area contributed by atoms with E-state index in [9.17, 15) is 4.79 Å². The van der Waals surface area contributed by atoms with Crippen molar-refractivity contribution in [2.24, 2.45) is 10.9 Å². The van der Waals surface area contributed by atoms with Crippen molar-refractivity contribution in [1.82, 2.24) is 9.80 Å². The molecule has 1 saturated heterocycles. The average Bonchev–Trinajstić information content (AvgIpc) is 3.09. The molecule has 1 heterocycles. The second-order valence-electron chi connectivity index (χ2n) is 10.8. The summed E-state index contributed by atoms with van der Waals surface area (Å²) in [7, 11) is 4.42. The van der Waals surface area contributed by atoms with Crippen molar-refractivity contribution in [3.63, 3.8) is 0 Å². The van der Waals surface area contributed by atoms with Crippen molar-refractivity contribution in [3.05, 3.63) is 65.7 Å². The third kappa shape index (κ3) is 3.94. The third-order valence-corrected chi connectivity index (χ3v) is 8.84. The second-order valence-corrected chi connectivity index (χ2v) is 10.8. The van der Waals surface area contributed by atoms with E-state index in [2.05, 4.69) is 84.1 Å². The first-order valence-corrected chi connectivity index (χ1v) is 12.8. The smallest absolute Gasteiger partial charge is 0.317 e. The molecule has 180 valence electrons. The van der Waals surface area contributed by atoms with Crippen molar-refractivity contribution >= 4 is 18.4 Å². The van der Waals surface area contributed by atoms with Crippen LogP contribution in [0.3, 0.4) is 0 Å². The maximum atomic E-state index is 13.9. The molecule has 2 saturated carbocycles. The number of nitrogens with zero attached hydrogens (tertiary/aromatic N) is 4. The van der Waals surface area contributed by atoms with Gasteiger partial charge in [0.2, 0.25) is 0 Å². The highest BCUT2D eigenvalue weighted by Crippen LogP contribution is 2.50. The van der Waals surface area contributed by atoms with Crippen LogP contribution in [-0.2, 0) is 12.1 Å². The van der Waals surface area contributed by atoms with Gasteiger partial charge in [-0.15, -0.1) is 0 Å². The molecule has 34 heavy (non-hydrogen) atoms. The van der Waals surface area contributed by atoms with Gasteiger partial charge in [-0.1, -0.05) is 48.9 Å². The molecule has 2 aromatic rings. The molecular formula is C29H38N4O. The lowest BCUT2D eigenvalue weighted by atomic mass is 9.68. The van der Waals surface area contributed by atoms with Gasteiger partial charge in [0, 0.05) is 17.8 Å². The van der Waals surface area contributed by atoms with Gasteiger partial charge in [0.1, 0.15) is 0 Å². The number of urea groups is 1. The molecule has 0 unspecified atom stereocenters. The van der Waals surface area contributed by atoms with Crippen molar-refractivity contribution in [3.8, 4) is 0 Å². The fraction of sp³-hybridized carbons (Fsp3) is 0.517. The lowest BCUT2D eigenvalue weighted by Gasteiger charge is -2.51. The molecule has 3 fully saturated rings. The molecule has 5 nitrogen and oxygen atoms in total. The predicted octanol–water partition coefficient (Wildman–Crippen LogP) is 5.70. The summed E-state index contributed by atoms with van der Waals surface area (Å²) < 4.78 is 0. The van der Waals surface area contributed by atoms with Crippen LogP contribution >= 0.6 is 0 Å². The van der Waals surface area contributed by atoms with Gasteiger partial charge in [0.05, 0.1) is 18.6 Å². The number of anilines is 1. The first-order valence-electron chi connectivity index (χ1n) is 12.8. The Balaban J connectivity index is 1.45. The lowest BCUT2D eigenvalue weighted by molar-refractivity contribution is 0.0172. The number of hydrogen-bond donors (Lipinski definition) is 0.